The number of thioether (sulfide) groups is 1. The predicted molar refractivity (Wildman–Crippen MR) is 40.8 cm³/mol. The van der Waals surface area contributed by atoms with Crippen molar-refractivity contribution in [2.45, 2.75) is 0 Å². The van der Waals surface area contributed by atoms with E-state index in [2.05, 4.69) is 6.58 Å². The Hall–Kier alpha value is -0.0800. The average Bonchev–Trinajstić information content (AvgIpc) is 1.83. The Kier molecular flexibility index (Phi) is 5.01. The molecule has 0 amide bonds. The standard InChI is InChI=1S/C5H8ClNS/c1-5(4-6)8-3-2-7/h2-3H,1,4,7H2. The fourth-order valence-corrected chi connectivity index (χ4v) is 0.690. The zero-order valence-corrected chi connectivity index (χ0v) is 6.00. The predicted octanol–water partition coefficient (Wildman–Crippen LogP) is 1.90. The van der Waals surface area contributed by atoms with Gasteiger partial charge in [0.05, 0.1) is 5.88 Å². The number of hydrogen-bond donors (Lipinski definition) is 1. The maximum Gasteiger partial charge on any atom is 0.0531 e. The summed E-state index contributed by atoms with van der Waals surface area (Å²) in [7, 11) is 0. The molecule has 0 aliphatic heterocycles. The molecule has 0 aromatic heterocycles. The SMILES string of the molecule is C=C(CCl)SC=CN. The van der Waals surface area contributed by atoms with Gasteiger partial charge in [-0.05, 0) is 10.3 Å². The first-order chi connectivity index (χ1) is 3.81. The molecule has 0 aromatic rings. The molecule has 2 N–H and O–H groups in total. The van der Waals surface area contributed by atoms with Gasteiger partial charge in [0.1, 0.15) is 0 Å². The Labute approximate surface area is 58.6 Å². The molecule has 0 heterocycles. The van der Waals surface area contributed by atoms with E-state index in [4.69, 9.17) is 17.3 Å². The zero-order chi connectivity index (χ0) is 6.41. The van der Waals surface area contributed by atoms with Crippen molar-refractivity contribution in [3.63, 3.8) is 0 Å². The van der Waals surface area contributed by atoms with E-state index in [1.807, 2.05) is 0 Å². The molecule has 0 fully saturated rings. The molecule has 0 aliphatic rings. The highest BCUT2D eigenvalue weighted by molar-refractivity contribution is 8.05. The number of halogens is 1. The Balaban J connectivity index is 3.25. The maximum absolute atomic E-state index is 5.39. The highest BCUT2D eigenvalue weighted by Crippen LogP contribution is 2.14. The van der Waals surface area contributed by atoms with E-state index in [0.29, 0.717) is 5.88 Å². The molecule has 1 nitrogen and oxygen atoms in total. The van der Waals surface area contributed by atoms with Crippen LogP contribution >= 0.6 is 23.4 Å². The third-order valence-corrected chi connectivity index (χ3v) is 1.71. The van der Waals surface area contributed by atoms with Gasteiger partial charge in [0.2, 0.25) is 0 Å². The van der Waals surface area contributed by atoms with Gasteiger partial charge in [-0.15, -0.1) is 23.4 Å². The molecule has 8 heavy (non-hydrogen) atoms. The summed E-state index contributed by atoms with van der Waals surface area (Å²) >= 11 is 6.84. The quantitative estimate of drug-likeness (QED) is 0.621. The molecule has 0 saturated carbocycles. The second kappa shape index (κ2) is 5.06. The van der Waals surface area contributed by atoms with Gasteiger partial charge in [0, 0.05) is 6.20 Å². The molecule has 0 saturated heterocycles. The molecule has 0 radical (unpaired) electrons. The van der Waals surface area contributed by atoms with Gasteiger partial charge in [-0.3, -0.25) is 0 Å². The van der Waals surface area contributed by atoms with Crippen molar-refractivity contribution in [3.8, 4) is 0 Å². The fraction of sp³-hybridized carbons (Fsp3) is 0.200. The van der Waals surface area contributed by atoms with Crippen molar-refractivity contribution in [1.29, 1.82) is 0 Å². The Bertz CT molecular complexity index is 101. The molecule has 0 atom stereocenters. The van der Waals surface area contributed by atoms with Crippen LogP contribution in [0, 0.1) is 0 Å². The minimum absolute atomic E-state index is 0.481. The Morgan fingerprint density at radius 3 is 2.88 bits per heavy atom. The van der Waals surface area contributed by atoms with E-state index in [0.717, 1.165) is 4.91 Å². The monoisotopic (exact) mass is 149 g/mol. The maximum atomic E-state index is 5.39. The highest BCUT2D eigenvalue weighted by atomic mass is 35.5. The minimum Gasteiger partial charge on any atom is -0.404 e. The molecule has 0 bridgehead atoms. The molecule has 0 rings (SSSR count). The van der Waals surface area contributed by atoms with E-state index < -0.39 is 0 Å². The molecule has 0 aromatic carbocycles. The number of allylic oxidation sites excluding steroid dienone is 1. The van der Waals surface area contributed by atoms with Crippen molar-refractivity contribution in [2.75, 3.05) is 5.88 Å². The number of alkyl halides is 1. The summed E-state index contributed by atoms with van der Waals surface area (Å²) in [5, 5.41) is 1.74. The first kappa shape index (κ1) is 7.92. The summed E-state index contributed by atoms with van der Waals surface area (Å²) in [6, 6.07) is 0. The van der Waals surface area contributed by atoms with Crippen LogP contribution < -0.4 is 5.73 Å². The summed E-state index contributed by atoms with van der Waals surface area (Å²) in [4.78, 5) is 0.911. The topological polar surface area (TPSA) is 26.0 Å². The molecule has 46 valence electrons. The van der Waals surface area contributed by atoms with Crippen molar-refractivity contribution >= 4 is 23.4 Å². The number of rotatable bonds is 3. The van der Waals surface area contributed by atoms with E-state index >= 15 is 0 Å². The van der Waals surface area contributed by atoms with Gasteiger partial charge in [-0.2, -0.15) is 0 Å². The zero-order valence-electron chi connectivity index (χ0n) is 4.43. The van der Waals surface area contributed by atoms with E-state index in [1.54, 1.807) is 5.41 Å². The summed E-state index contributed by atoms with van der Waals surface area (Å²) < 4.78 is 0. The lowest BCUT2D eigenvalue weighted by atomic mass is 10.7. The van der Waals surface area contributed by atoms with Crippen LogP contribution in [0.3, 0.4) is 0 Å². The van der Waals surface area contributed by atoms with Gasteiger partial charge in [0.25, 0.3) is 0 Å². The first-order valence-corrected chi connectivity index (χ1v) is 3.50. The summed E-state index contributed by atoms with van der Waals surface area (Å²) in [5.74, 6) is 0.481. The third kappa shape index (κ3) is 4.09. The van der Waals surface area contributed by atoms with Crippen LogP contribution in [0.1, 0.15) is 0 Å². The molecular weight excluding hydrogens is 142 g/mol. The van der Waals surface area contributed by atoms with Crippen LogP contribution in [0.25, 0.3) is 0 Å². The smallest absolute Gasteiger partial charge is 0.0531 e. The molecule has 0 spiro atoms. The van der Waals surface area contributed by atoms with Crippen molar-refractivity contribution in [2.24, 2.45) is 5.73 Å². The van der Waals surface area contributed by atoms with Gasteiger partial charge >= 0.3 is 0 Å². The normalized spacial score (nSPS) is 10.1. The van der Waals surface area contributed by atoms with E-state index in [9.17, 15) is 0 Å². The summed E-state index contributed by atoms with van der Waals surface area (Å²) in [5.41, 5.74) is 5.05. The van der Waals surface area contributed by atoms with Gasteiger partial charge in [-0.1, -0.05) is 6.58 Å². The van der Waals surface area contributed by atoms with Gasteiger partial charge < -0.3 is 5.73 Å². The second-order valence-electron chi connectivity index (χ2n) is 1.12. The van der Waals surface area contributed by atoms with Crippen molar-refractivity contribution in [3.05, 3.63) is 23.1 Å². The van der Waals surface area contributed by atoms with Crippen LogP contribution in [-0.2, 0) is 0 Å². The second-order valence-corrected chi connectivity index (χ2v) is 2.47. The Morgan fingerprint density at radius 1 is 1.88 bits per heavy atom. The summed E-state index contributed by atoms with van der Waals surface area (Å²) in [6.07, 6.45) is 1.46. The van der Waals surface area contributed by atoms with E-state index in [-0.39, 0.29) is 0 Å². The highest BCUT2D eigenvalue weighted by Gasteiger charge is 1.84. The molecule has 0 aliphatic carbocycles. The number of hydrogen-bond acceptors (Lipinski definition) is 2. The van der Waals surface area contributed by atoms with Crippen LogP contribution in [-0.4, -0.2) is 5.88 Å². The summed E-state index contributed by atoms with van der Waals surface area (Å²) in [6.45, 7) is 3.63. The van der Waals surface area contributed by atoms with Crippen molar-refractivity contribution < 1.29 is 0 Å². The molecular formula is C5H8ClNS. The molecule has 3 heteroatoms. The first-order valence-electron chi connectivity index (χ1n) is 2.08. The number of nitrogens with two attached hydrogens (primary N) is 1. The average molecular weight is 150 g/mol. The van der Waals surface area contributed by atoms with Crippen LogP contribution in [0.15, 0.2) is 23.1 Å². The largest absolute Gasteiger partial charge is 0.404 e. The van der Waals surface area contributed by atoms with E-state index in [1.165, 1.54) is 18.0 Å². The van der Waals surface area contributed by atoms with Crippen molar-refractivity contribution in [1.82, 2.24) is 0 Å². The van der Waals surface area contributed by atoms with Crippen LogP contribution in [0.2, 0.25) is 0 Å². The van der Waals surface area contributed by atoms with Crippen LogP contribution in [0.5, 0.6) is 0 Å². The lowest BCUT2D eigenvalue weighted by Gasteiger charge is -1.89. The molecule has 0 unspecified atom stereocenters. The lowest BCUT2D eigenvalue weighted by molar-refractivity contribution is 1.63. The van der Waals surface area contributed by atoms with Gasteiger partial charge in [0.15, 0.2) is 0 Å². The van der Waals surface area contributed by atoms with Gasteiger partial charge in [-0.25, -0.2) is 0 Å². The van der Waals surface area contributed by atoms with Crippen LogP contribution in [0.4, 0.5) is 0 Å². The lowest BCUT2D eigenvalue weighted by Crippen LogP contribution is -1.74. The fourth-order valence-electron chi connectivity index (χ4n) is 0.167. The minimum atomic E-state index is 0.481. The third-order valence-electron chi connectivity index (χ3n) is 0.462. The Morgan fingerprint density at radius 2 is 2.50 bits per heavy atom.